The Morgan fingerprint density at radius 3 is 2.60 bits per heavy atom. The van der Waals surface area contributed by atoms with Crippen molar-refractivity contribution in [3.05, 3.63) is 0 Å². The summed E-state index contributed by atoms with van der Waals surface area (Å²) in [5.41, 5.74) is 0.290. The van der Waals surface area contributed by atoms with E-state index in [4.69, 9.17) is 4.74 Å². The van der Waals surface area contributed by atoms with Crippen LogP contribution in [0.25, 0.3) is 0 Å². The molecule has 1 spiro atoms. The van der Waals surface area contributed by atoms with Gasteiger partial charge in [-0.3, -0.25) is 0 Å². The summed E-state index contributed by atoms with van der Waals surface area (Å²) < 4.78 is 6.27. The Kier molecular flexibility index (Phi) is 4.04. The van der Waals surface area contributed by atoms with Gasteiger partial charge in [0.1, 0.15) is 0 Å². The highest BCUT2D eigenvalue weighted by Gasteiger charge is 2.45. The van der Waals surface area contributed by atoms with Crippen LogP contribution in [0, 0.1) is 17.8 Å². The van der Waals surface area contributed by atoms with E-state index in [-0.39, 0.29) is 5.60 Å². The van der Waals surface area contributed by atoms with Crippen LogP contribution in [0.4, 0.5) is 0 Å². The van der Waals surface area contributed by atoms with Crippen molar-refractivity contribution < 1.29 is 4.74 Å². The number of hydrogen-bond donors (Lipinski definition) is 1. The Balaban J connectivity index is 1.32. The number of nitrogens with one attached hydrogen (secondary N) is 1. The minimum absolute atomic E-state index is 0.290. The molecule has 0 aromatic rings. The molecule has 20 heavy (non-hydrogen) atoms. The molecule has 4 rings (SSSR count). The third-order valence-electron chi connectivity index (χ3n) is 6.26. The molecule has 2 saturated heterocycles. The van der Waals surface area contributed by atoms with Gasteiger partial charge in [-0.2, -0.15) is 11.8 Å². The van der Waals surface area contributed by atoms with E-state index in [1.54, 1.807) is 0 Å². The van der Waals surface area contributed by atoms with Gasteiger partial charge in [-0.05, 0) is 87.2 Å². The summed E-state index contributed by atoms with van der Waals surface area (Å²) in [5, 5.41) is 3.76. The molecule has 0 aromatic heterocycles. The normalized spacial score (nSPS) is 40.5. The lowest BCUT2D eigenvalue weighted by Crippen LogP contribution is -2.48. The Bertz CT molecular complexity index is 332. The van der Waals surface area contributed by atoms with Crippen LogP contribution >= 0.6 is 11.8 Å². The largest absolute Gasteiger partial charge is 0.375 e. The summed E-state index contributed by atoms with van der Waals surface area (Å²) in [7, 11) is 0. The van der Waals surface area contributed by atoms with Gasteiger partial charge in [0, 0.05) is 12.6 Å². The second-order valence-electron chi connectivity index (χ2n) is 7.58. The molecule has 114 valence electrons. The van der Waals surface area contributed by atoms with Crippen LogP contribution in [0.1, 0.15) is 51.4 Å². The fourth-order valence-corrected chi connectivity index (χ4v) is 5.83. The maximum atomic E-state index is 6.27. The molecule has 0 amide bonds. The molecule has 2 heterocycles. The average molecular weight is 295 g/mol. The second-order valence-corrected chi connectivity index (χ2v) is 8.81. The maximum absolute atomic E-state index is 6.27. The molecule has 2 saturated carbocycles. The number of hydrogen-bond acceptors (Lipinski definition) is 3. The van der Waals surface area contributed by atoms with Gasteiger partial charge >= 0.3 is 0 Å². The lowest BCUT2D eigenvalue weighted by atomic mass is 9.62. The van der Waals surface area contributed by atoms with Crippen molar-refractivity contribution in [2.24, 2.45) is 17.8 Å². The van der Waals surface area contributed by atoms with Gasteiger partial charge in [-0.15, -0.1) is 0 Å². The molecular formula is C17H29NOS. The summed E-state index contributed by atoms with van der Waals surface area (Å²) in [6.07, 6.45) is 11.2. The van der Waals surface area contributed by atoms with Crippen molar-refractivity contribution in [2.45, 2.75) is 63.0 Å². The van der Waals surface area contributed by atoms with Gasteiger partial charge in [-0.25, -0.2) is 0 Å². The molecular weight excluding hydrogens is 266 g/mol. The van der Waals surface area contributed by atoms with E-state index < -0.39 is 0 Å². The molecule has 2 aliphatic heterocycles. The first kappa shape index (κ1) is 13.9. The molecule has 4 fully saturated rings. The van der Waals surface area contributed by atoms with Gasteiger partial charge in [-0.1, -0.05) is 0 Å². The predicted octanol–water partition coefficient (Wildman–Crippen LogP) is 3.46. The van der Waals surface area contributed by atoms with E-state index in [2.05, 4.69) is 17.1 Å². The average Bonchev–Trinajstić information content (AvgIpc) is 3.23. The maximum Gasteiger partial charge on any atom is 0.0701 e. The van der Waals surface area contributed by atoms with Crippen LogP contribution in [0.15, 0.2) is 0 Å². The summed E-state index contributed by atoms with van der Waals surface area (Å²) in [4.78, 5) is 0. The first-order chi connectivity index (χ1) is 9.85. The van der Waals surface area contributed by atoms with Crippen LogP contribution < -0.4 is 5.32 Å². The first-order valence-electron chi connectivity index (χ1n) is 8.80. The third-order valence-corrected chi connectivity index (χ3v) is 7.25. The summed E-state index contributed by atoms with van der Waals surface area (Å²) in [5.74, 6) is 5.60. The molecule has 3 atom stereocenters. The second kappa shape index (κ2) is 5.81. The quantitative estimate of drug-likeness (QED) is 0.858. The number of ether oxygens (including phenoxy) is 1. The van der Waals surface area contributed by atoms with E-state index in [1.807, 2.05) is 0 Å². The van der Waals surface area contributed by atoms with E-state index in [0.29, 0.717) is 0 Å². The lowest BCUT2D eigenvalue weighted by molar-refractivity contribution is -0.122. The van der Waals surface area contributed by atoms with E-state index >= 15 is 0 Å². The fraction of sp³-hybridized carbons (Fsp3) is 1.00. The molecule has 2 aliphatic carbocycles. The van der Waals surface area contributed by atoms with Crippen LogP contribution in [0.2, 0.25) is 0 Å². The van der Waals surface area contributed by atoms with Crippen LogP contribution in [-0.4, -0.2) is 36.3 Å². The van der Waals surface area contributed by atoms with E-state index in [1.165, 1.54) is 69.4 Å². The summed E-state index contributed by atoms with van der Waals surface area (Å²) >= 11 is 2.12. The van der Waals surface area contributed by atoms with Gasteiger partial charge < -0.3 is 10.1 Å². The molecule has 3 unspecified atom stereocenters. The molecule has 0 radical (unpaired) electrons. The fourth-order valence-electron chi connectivity index (χ4n) is 4.60. The van der Waals surface area contributed by atoms with E-state index in [9.17, 15) is 0 Å². The van der Waals surface area contributed by atoms with Crippen LogP contribution in [-0.2, 0) is 4.74 Å². The topological polar surface area (TPSA) is 21.3 Å². The zero-order chi connectivity index (χ0) is 13.4. The lowest BCUT2D eigenvalue weighted by Gasteiger charge is -2.50. The Morgan fingerprint density at radius 1 is 1.05 bits per heavy atom. The van der Waals surface area contributed by atoms with Gasteiger partial charge in [0.25, 0.3) is 0 Å². The molecule has 2 nitrogen and oxygen atoms in total. The van der Waals surface area contributed by atoms with Gasteiger partial charge in [0.15, 0.2) is 0 Å². The molecule has 4 aliphatic rings. The van der Waals surface area contributed by atoms with Crippen molar-refractivity contribution >= 4 is 11.8 Å². The highest BCUT2D eigenvalue weighted by atomic mass is 32.2. The SMILES string of the molecule is C1CC(C2CCC2CNC2CC2)CC2(CCSCC2)O1. The summed E-state index contributed by atoms with van der Waals surface area (Å²) in [6.45, 7) is 2.34. The highest BCUT2D eigenvalue weighted by molar-refractivity contribution is 7.99. The highest BCUT2D eigenvalue weighted by Crippen LogP contribution is 2.49. The van der Waals surface area contributed by atoms with Crippen molar-refractivity contribution in [1.82, 2.24) is 5.32 Å². The third kappa shape index (κ3) is 2.91. The van der Waals surface area contributed by atoms with Gasteiger partial charge in [0.2, 0.25) is 0 Å². The molecule has 0 bridgehead atoms. The van der Waals surface area contributed by atoms with E-state index in [0.717, 1.165) is 30.4 Å². The van der Waals surface area contributed by atoms with Crippen LogP contribution in [0.5, 0.6) is 0 Å². The first-order valence-corrected chi connectivity index (χ1v) is 9.95. The molecule has 0 aromatic carbocycles. The van der Waals surface area contributed by atoms with Crippen molar-refractivity contribution in [1.29, 1.82) is 0 Å². The predicted molar refractivity (Wildman–Crippen MR) is 85.2 cm³/mol. The Labute approximate surface area is 127 Å². The molecule has 1 N–H and O–H groups in total. The minimum Gasteiger partial charge on any atom is -0.375 e. The van der Waals surface area contributed by atoms with Crippen LogP contribution in [0.3, 0.4) is 0 Å². The Hall–Kier alpha value is 0.270. The number of thioether (sulfide) groups is 1. The zero-order valence-electron chi connectivity index (χ0n) is 12.6. The van der Waals surface area contributed by atoms with Gasteiger partial charge in [0.05, 0.1) is 5.60 Å². The standard InChI is InChI=1S/C17H29NOS/c1-4-16(14(1)12-18-15-2-3-15)13-5-8-19-17(11-13)6-9-20-10-7-17/h13-16,18H,1-12H2. The minimum atomic E-state index is 0.290. The van der Waals surface area contributed by atoms with Crippen molar-refractivity contribution in [2.75, 3.05) is 24.7 Å². The van der Waals surface area contributed by atoms with Crippen molar-refractivity contribution in [3.8, 4) is 0 Å². The Morgan fingerprint density at radius 2 is 1.90 bits per heavy atom. The summed E-state index contributed by atoms with van der Waals surface area (Å²) in [6, 6.07) is 0.882. The molecule has 3 heteroatoms. The zero-order valence-corrected chi connectivity index (χ0v) is 13.4. The number of rotatable bonds is 4. The smallest absolute Gasteiger partial charge is 0.0701 e. The van der Waals surface area contributed by atoms with Crippen molar-refractivity contribution in [3.63, 3.8) is 0 Å². The monoisotopic (exact) mass is 295 g/mol.